The van der Waals surface area contributed by atoms with Crippen LogP contribution in [0.4, 0.5) is 5.69 Å². The molecule has 6 heteroatoms. The number of hydrogen-bond acceptors (Lipinski definition) is 4. The van der Waals surface area contributed by atoms with E-state index < -0.39 is 5.97 Å². The quantitative estimate of drug-likeness (QED) is 0.745. The van der Waals surface area contributed by atoms with Gasteiger partial charge >= 0.3 is 5.97 Å². The van der Waals surface area contributed by atoms with Crippen LogP contribution in [0, 0.1) is 0 Å². The van der Waals surface area contributed by atoms with Crippen molar-refractivity contribution in [3.63, 3.8) is 0 Å². The van der Waals surface area contributed by atoms with Crippen molar-refractivity contribution in [2.75, 3.05) is 11.9 Å². The molecule has 0 radical (unpaired) electrons. The van der Waals surface area contributed by atoms with Crippen molar-refractivity contribution in [1.82, 2.24) is 10.3 Å². The highest BCUT2D eigenvalue weighted by molar-refractivity contribution is 5.94. The lowest BCUT2D eigenvalue weighted by Gasteiger charge is -2.19. The first-order chi connectivity index (χ1) is 8.28. The second-order valence-corrected chi connectivity index (χ2v) is 4.92. The molecule has 1 amide bonds. The number of hydrogen-bond donors (Lipinski definition) is 3. The molecule has 0 aliphatic rings. The molecule has 0 aromatic carbocycles. The number of aromatic carboxylic acids is 1. The minimum Gasteiger partial charge on any atom is -0.478 e. The van der Waals surface area contributed by atoms with E-state index in [9.17, 15) is 9.59 Å². The van der Waals surface area contributed by atoms with Crippen LogP contribution < -0.4 is 10.6 Å². The molecule has 3 N–H and O–H groups in total. The van der Waals surface area contributed by atoms with Gasteiger partial charge in [0, 0.05) is 11.7 Å². The average Bonchev–Trinajstić information content (AvgIpc) is 2.26. The fraction of sp³-hybridized carbons (Fsp3) is 0.417. The largest absolute Gasteiger partial charge is 0.478 e. The van der Waals surface area contributed by atoms with Gasteiger partial charge in [-0.05, 0) is 26.8 Å². The van der Waals surface area contributed by atoms with E-state index >= 15 is 0 Å². The Morgan fingerprint density at radius 1 is 1.33 bits per heavy atom. The van der Waals surface area contributed by atoms with E-state index in [2.05, 4.69) is 15.6 Å². The Morgan fingerprint density at radius 3 is 2.56 bits per heavy atom. The van der Waals surface area contributed by atoms with Gasteiger partial charge in [0.2, 0.25) is 5.91 Å². The van der Waals surface area contributed by atoms with Crippen LogP contribution in [-0.4, -0.2) is 34.1 Å². The van der Waals surface area contributed by atoms with E-state index in [-0.39, 0.29) is 23.6 Å². The molecule has 0 fully saturated rings. The Morgan fingerprint density at radius 2 is 2.00 bits per heavy atom. The Hall–Kier alpha value is -1.95. The first kappa shape index (κ1) is 14.1. The van der Waals surface area contributed by atoms with Crippen molar-refractivity contribution in [2.45, 2.75) is 26.3 Å². The molecule has 1 aromatic heterocycles. The molecule has 0 saturated carbocycles. The lowest BCUT2D eigenvalue weighted by Crippen LogP contribution is -2.41. The number of amides is 1. The molecule has 6 nitrogen and oxygen atoms in total. The number of carboxylic acids is 1. The van der Waals surface area contributed by atoms with Gasteiger partial charge in [0.05, 0.1) is 24.0 Å². The third-order valence-corrected chi connectivity index (χ3v) is 2.05. The second-order valence-electron chi connectivity index (χ2n) is 4.92. The lowest BCUT2D eigenvalue weighted by atomic mass is 10.1. The van der Waals surface area contributed by atoms with Gasteiger partial charge in [0.25, 0.3) is 0 Å². The lowest BCUT2D eigenvalue weighted by molar-refractivity contribution is -0.115. The van der Waals surface area contributed by atoms with Crippen LogP contribution in [0.5, 0.6) is 0 Å². The minimum atomic E-state index is -1.08. The van der Waals surface area contributed by atoms with Gasteiger partial charge in [-0.25, -0.2) is 4.79 Å². The second kappa shape index (κ2) is 5.59. The highest BCUT2D eigenvalue weighted by Crippen LogP contribution is 2.08. The number of pyridine rings is 1. The molecule has 0 aliphatic carbocycles. The number of nitrogens with one attached hydrogen (secondary N) is 2. The fourth-order valence-corrected chi connectivity index (χ4v) is 1.18. The molecular weight excluding hydrogens is 234 g/mol. The summed E-state index contributed by atoms with van der Waals surface area (Å²) in [6.45, 7) is 6.01. The van der Waals surface area contributed by atoms with Crippen molar-refractivity contribution < 1.29 is 14.7 Å². The summed E-state index contributed by atoms with van der Waals surface area (Å²) in [5.41, 5.74) is 0.255. The average molecular weight is 251 g/mol. The molecule has 0 spiro atoms. The van der Waals surface area contributed by atoms with Crippen LogP contribution in [-0.2, 0) is 4.79 Å². The third-order valence-electron chi connectivity index (χ3n) is 2.05. The van der Waals surface area contributed by atoms with Crippen LogP contribution >= 0.6 is 0 Å². The van der Waals surface area contributed by atoms with Crippen LogP contribution in [0.3, 0.4) is 0 Å². The number of carboxylic acid groups (broad SMARTS) is 1. The van der Waals surface area contributed by atoms with E-state index in [4.69, 9.17) is 5.11 Å². The van der Waals surface area contributed by atoms with E-state index in [0.29, 0.717) is 5.69 Å². The van der Waals surface area contributed by atoms with Gasteiger partial charge in [0.1, 0.15) is 0 Å². The standard InChI is InChI=1S/C12H17N3O3/c1-12(2,3)14-7-10(16)15-9-4-8(11(17)18)5-13-6-9/h4-6,14H,7H2,1-3H3,(H,15,16)(H,17,18). The number of anilines is 1. The molecular formula is C12H17N3O3. The molecule has 1 rings (SSSR count). The molecule has 0 bridgehead atoms. The molecule has 18 heavy (non-hydrogen) atoms. The minimum absolute atomic E-state index is 0.0385. The van der Waals surface area contributed by atoms with E-state index in [1.165, 1.54) is 18.5 Å². The molecule has 0 saturated heterocycles. The number of carbonyl (C=O) groups is 2. The van der Waals surface area contributed by atoms with Gasteiger partial charge in [-0.2, -0.15) is 0 Å². The van der Waals surface area contributed by atoms with Crippen molar-refractivity contribution >= 4 is 17.6 Å². The molecule has 0 atom stereocenters. The molecule has 1 heterocycles. The van der Waals surface area contributed by atoms with Gasteiger partial charge in [0.15, 0.2) is 0 Å². The Balaban J connectivity index is 2.59. The van der Waals surface area contributed by atoms with Crippen molar-refractivity contribution in [3.8, 4) is 0 Å². The van der Waals surface area contributed by atoms with Crippen LogP contribution in [0.25, 0.3) is 0 Å². The van der Waals surface area contributed by atoms with Gasteiger partial charge in [-0.1, -0.05) is 0 Å². The zero-order valence-electron chi connectivity index (χ0n) is 10.7. The monoisotopic (exact) mass is 251 g/mol. The Labute approximate surface area is 105 Å². The summed E-state index contributed by atoms with van der Waals surface area (Å²) in [5, 5.41) is 14.4. The number of nitrogens with zero attached hydrogens (tertiary/aromatic N) is 1. The van der Waals surface area contributed by atoms with Crippen LogP contribution in [0.1, 0.15) is 31.1 Å². The maximum atomic E-state index is 11.6. The molecule has 0 aliphatic heterocycles. The summed E-state index contributed by atoms with van der Waals surface area (Å²) in [4.78, 5) is 26.1. The zero-order valence-corrected chi connectivity index (χ0v) is 10.7. The van der Waals surface area contributed by atoms with E-state index in [1.807, 2.05) is 20.8 Å². The molecule has 1 aromatic rings. The van der Waals surface area contributed by atoms with Gasteiger partial charge in [-0.3, -0.25) is 9.78 Å². The highest BCUT2D eigenvalue weighted by Gasteiger charge is 2.12. The number of rotatable bonds is 4. The summed E-state index contributed by atoms with van der Waals surface area (Å²) in [6, 6.07) is 1.37. The summed E-state index contributed by atoms with van der Waals surface area (Å²) in [7, 11) is 0. The van der Waals surface area contributed by atoms with Gasteiger partial charge < -0.3 is 15.7 Å². The SMILES string of the molecule is CC(C)(C)NCC(=O)Nc1cncc(C(=O)O)c1. The third kappa shape index (κ3) is 4.92. The normalized spacial score (nSPS) is 11.1. The number of carbonyl (C=O) groups excluding carboxylic acids is 1. The summed E-state index contributed by atoms with van der Waals surface area (Å²) in [6.07, 6.45) is 2.63. The van der Waals surface area contributed by atoms with Crippen molar-refractivity contribution in [1.29, 1.82) is 0 Å². The summed E-state index contributed by atoms with van der Waals surface area (Å²) in [5.74, 6) is -1.32. The van der Waals surface area contributed by atoms with E-state index in [1.54, 1.807) is 0 Å². The maximum absolute atomic E-state index is 11.6. The van der Waals surface area contributed by atoms with Crippen LogP contribution in [0.2, 0.25) is 0 Å². The van der Waals surface area contributed by atoms with Gasteiger partial charge in [-0.15, -0.1) is 0 Å². The highest BCUT2D eigenvalue weighted by atomic mass is 16.4. The molecule has 98 valence electrons. The van der Waals surface area contributed by atoms with Crippen LogP contribution in [0.15, 0.2) is 18.5 Å². The van der Waals surface area contributed by atoms with Crippen molar-refractivity contribution in [2.24, 2.45) is 0 Å². The topological polar surface area (TPSA) is 91.3 Å². The summed E-state index contributed by atoms with van der Waals surface area (Å²) >= 11 is 0. The smallest absolute Gasteiger partial charge is 0.337 e. The predicted octanol–water partition coefficient (Wildman–Crippen LogP) is 1.11. The Bertz CT molecular complexity index is 452. The summed E-state index contributed by atoms with van der Waals surface area (Å²) < 4.78 is 0. The first-order valence-corrected chi connectivity index (χ1v) is 5.51. The first-order valence-electron chi connectivity index (χ1n) is 5.51. The number of aromatic nitrogens is 1. The Kier molecular flexibility index (Phi) is 4.38. The zero-order chi connectivity index (χ0) is 13.8. The van der Waals surface area contributed by atoms with Crippen molar-refractivity contribution in [3.05, 3.63) is 24.0 Å². The van der Waals surface area contributed by atoms with E-state index in [0.717, 1.165) is 0 Å². The fourth-order valence-electron chi connectivity index (χ4n) is 1.18. The molecule has 0 unspecified atom stereocenters. The predicted molar refractivity (Wildman–Crippen MR) is 67.6 cm³/mol. The maximum Gasteiger partial charge on any atom is 0.337 e.